The van der Waals surface area contributed by atoms with Crippen LogP contribution in [0.15, 0.2) is 0 Å². The Morgan fingerprint density at radius 3 is 2.50 bits per heavy atom. The minimum atomic E-state index is -3.23. The van der Waals surface area contributed by atoms with Crippen LogP contribution in [0, 0.1) is 5.92 Å². The van der Waals surface area contributed by atoms with Crippen LogP contribution in [0.25, 0.3) is 0 Å². The van der Waals surface area contributed by atoms with Crippen molar-refractivity contribution in [2.75, 3.05) is 25.0 Å². The molecule has 0 spiro atoms. The summed E-state index contributed by atoms with van der Waals surface area (Å²) >= 11 is 3.36. The predicted octanol–water partition coefficient (Wildman–Crippen LogP) is 1.73. The Hall–Kier alpha value is 0.350. The van der Waals surface area contributed by atoms with Crippen LogP contribution in [0.4, 0.5) is 0 Å². The van der Waals surface area contributed by atoms with Gasteiger partial charge in [-0.05, 0) is 25.2 Å². The van der Waals surface area contributed by atoms with Crippen LogP contribution in [-0.2, 0) is 10.2 Å². The van der Waals surface area contributed by atoms with Gasteiger partial charge in [0.2, 0.25) is 0 Å². The van der Waals surface area contributed by atoms with Crippen LogP contribution < -0.4 is 4.72 Å². The highest BCUT2D eigenvalue weighted by molar-refractivity contribution is 9.09. The molecule has 0 aromatic heterocycles. The second kappa shape index (κ2) is 6.93. The van der Waals surface area contributed by atoms with Crippen molar-refractivity contribution < 1.29 is 8.42 Å². The molecule has 6 heteroatoms. The number of hydrogen-bond acceptors (Lipinski definition) is 2. The van der Waals surface area contributed by atoms with E-state index in [1.165, 1.54) is 0 Å². The van der Waals surface area contributed by atoms with Gasteiger partial charge in [0.25, 0.3) is 10.2 Å². The van der Waals surface area contributed by atoms with Gasteiger partial charge in [0, 0.05) is 25.0 Å². The maximum atomic E-state index is 11.9. The van der Waals surface area contributed by atoms with Crippen molar-refractivity contribution in [1.82, 2.24) is 9.03 Å². The largest absolute Gasteiger partial charge is 0.279 e. The number of halogens is 1. The predicted molar refractivity (Wildman–Crippen MR) is 69.9 cm³/mol. The van der Waals surface area contributed by atoms with Crippen molar-refractivity contribution in [3.8, 4) is 0 Å². The van der Waals surface area contributed by atoms with Gasteiger partial charge >= 0.3 is 0 Å². The van der Waals surface area contributed by atoms with Gasteiger partial charge in [-0.3, -0.25) is 0 Å². The molecule has 1 aliphatic rings. The van der Waals surface area contributed by atoms with E-state index in [0.717, 1.165) is 31.0 Å². The average Bonchev–Trinajstić information content (AvgIpc) is 2.28. The van der Waals surface area contributed by atoms with Gasteiger partial charge in [-0.1, -0.05) is 29.3 Å². The topological polar surface area (TPSA) is 49.4 Å². The van der Waals surface area contributed by atoms with Crippen LogP contribution >= 0.6 is 15.9 Å². The van der Waals surface area contributed by atoms with Crippen molar-refractivity contribution in [3.05, 3.63) is 0 Å². The Labute approximate surface area is 107 Å². The molecule has 96 valence electrons. The van der Waals surface area contributed by atoms with E-state index in [9.17, 15) is 8.42 Å². The summed E-state index contributed by atoms with van der Waals surface area (Å²) in [6.07, 6.45) is 4.10. The van der Waals surface area contributed by atoms with Crippen LogP contribution in [0.1, 0.15) is 32.6 Å². The van der Waals surface area contributed by atoms with Crippen LogP contribution in [0.3, 0.4) is 0 Å². The number of rotatable bonds is 6. The SMILES string of the molecule is CC(CCBr)CNS(=O)(=O)N1CCCCC1. The molecule has 0 aliphatic carbocycles. The summed E-state index contributed by atoms with van der Waals surface area (Å²) in [5.41, 5.74) is 0. The van der Waals surface area contributed by atoms with Gasteiger partial charge in [0.05, 0.1) is 0 Å². The molecule has 1 saturated heterocycles. The molecule has 0 aromatic rings. The summed E-state index contributed by atoms with van der Waals surface area (Å²) in [4.78, 5) is 0. The first-order valence-corrected chi connectivity index (χ1v) is 8.43. The fourth-order valence-electron chi connectivity index (χ4n) is 1.73. The number of nitrogens with one attached hydrogen (secondary N) is 1. The van der Waals surface area contributed by atoms with E-state index in [0.29, 0.717) is 25.6 Å². The Kier molecular flexibility index (Phi) is 6.25. The van der Waals surface area contributed by atoms with Gasteiger partial charge in [0.15, 0.2) is 0 Å². The summed E-state index contributed by atoms with van der Waals surface area (Å²) in [7, 11) is -3.23. The number of alkyl halides is 1. The lowest BCUT2D eigenvalue weighted by atomic mass is 10.1. The monoisotopic (exact) mass is 312 g/mol. The Balaban J connectivity index is 2.38. The van der Waals surface area contributed by atoms with E-state index in [2.05, 4.69) is 27.6 Å². The second-order valence-electron chi connectivity index (χ2n) is 4.40. The normalized spacial score (nSPS) is 20.9. The standard InChI is InChI=1S/C10H21BrN2O2S/c1-10(5-6-11)9-12-16(14,15)13-7-3-2-4-8-13/h10,12H,2-9H2,1H3. The molecule has 16 heavy (non-hydrogen) atoms. The lowest BCUT2D eigenvalue weighted by Crippen LogP contribution is -2.44. The van der Waals surface area contributed by atoms with E-state index < -0.39 is 10.2 Å². The Morgan fingerprint density at radius 2 is 1.94 bits per heavy atom. The first-order chi connectivity index (χ1) is 7.56. The minimum Gasteiger partial charge on any atom is -0.202 e. The van der Waals surface area contributed by atoms with Crippen molar-refractivity contribution in [1.29, 1.82) is 0 Å². The average molecular weight is 313 g/mol. The van der Waals surface area contributed by atoms with Gasteiger partial charge in [-0.25, -0.2) is 4.72 Å². The number of hydrogen-bond donors (Lipinski definition) is 1. The maximum absolute atomic E-state index is 11.9. The highest BCUT2D eigenvalue weighted by Crippen LogP contribution is 2.12. The van der Waals surface area contributed by atoms with Crippen molar-refractivity contribution >= 4 is 26.1 Å². The molecular weight excluding hydrogens is 292 g/mol. The van der Waals surface area contributed by atoms with Crippen LogP contribution in [0.5, 0.6) is 0 Å². The zero-order valence-corrected chi connectivity index (χ0v) is 12.2. The second-order valence-corrected chi connectivity index (χ2v) is 6.94. The maximum Gasteiger partial charge on any atom is 0.279 e. The number of nitrogens with zero attached hydrogens (tertiary/aromatic N) is 1. The molecule has 1 N–H and O–H groups in total. The van der Waals surface area contributed by atoms with E-state index >= 15 is 0 Å². The molecule has 1 heterocycles. The third kappa shape index (κ3) is 4.69. The molecule has 1 aliphatic heterocycles. The first kappa shape index (κ1) is 14.4. The molecular formula is C10H21BrN2O2S. The smallest absolute Gasteiger partial charge is 0.202 e. The minimum absolute atomic E-state index is 0.374. The van der Waals surface area contributed by atoms with E-state index in [-0.39, 0.29) is 0 Å². The van der Waals surface area contributed by atoms with Crippen LogP contribution in [0.2, 0.25) is 0 Å². The third-order valence-electron chi connectivity index (χ3n) is 2.87. The summed E-state index contributed by atoms with van der Waals surface area (Å²) in [5, 5.41) is 0.916. The summed E-state index contributed by atoms with van der Waals surface area (Å²) in [6.45, 7) is 3.93. The highest BCUT2D eigenvalue weighted by atomic mass is 79.9. The van der Waals surface area contributed by atoms with E-state index in [1.54, 1.807) is 4.31 Å². The number of piperidine rings is 1. The molecule has 0 amide bonds. The molecule has 1 unspecified atom stereocenters. The summed E-state index contributed by atoms with van der Waals surface area (Å²) in [6, 6.07) is 0. The van der Waals surface area contributed by atoms with Crippen molar-refractivity contribution in [3.63, 3.8) is 0 Å². The van der Waals surface area contributed by atoms with Crippen molar-refractivity contribution in [2.24, 2.45) is 5.92 Å². The molecule has 0 aromatic carbocycles. The van der Waals surface area contributed by atoms with Gasteiger partial charge in [-0.15, -0.1) is 0 Å². The van der Waals surface area contributed by atoms with E-state index in [4.69, 9.17) is 0 Å². The zero-order chi connectivity index (χ0) is 12.0. The third-order valence-corrected chi connectivity index (χ3v) is 4.91. The Morgan fingerprint density at radius 1 is 1.31 bits per heavy atom. The molecule has 0 bridgehead atoms. The Bertz CT molecular complexity index is 289. The lowest BCUT2D eigenvalue weighted by Gasteiger charge is -2.26. The molecule has 1 atom stereocenters. The van der Waals surface area contributed by atoms with Crippen LogP contribution in [-0.4, -0.2) is 37.7 Å². The summed E-state index contributed by atoms with van der Waals surface area (Å²) < 4.78 is 28.1. The molecule has 4 nitrogen and oxygen atoms in total. The fraction of sp³-hybridized carbons (Fsp3) is 1.00. The fourth-order valence-corrected chi connectivity index (χ4v) is 3.93. The van der Waals surface area contributed by atoms with E-state index in [1.807, 2.05) is 0 Å². The quantitative estimate of drug-likeness (QED) is 0.759. The molecule has 1 fully saturated rings. The lowest BCUT2D eigenvalue weighted by molar-refractivity contribution is 0.340. The zero-order valence-electron chi connectivity index (χ0n) is 9.78. The van der Waals surface area contributed by atoms with Gasteiger partial charge in [-0.2, -0.15) is 12.7 Å². The molecule has 1 rings (SSSR count). The summed E-state index contributed by atoms with van der Waals surface area (Å²) in [5.74, 6) is 0.374. The molecule has 0 radical (unpaired) electrons. The first-order valence-electron chi connectivity index (χ1n) is 5.87. The van der Waals surface area contributed by atoms with Gasteiger partial charge < -0.3 is 0 Å². The van der Waals surface area contributed by atoms with Crippen molar-refractivity contribution in [2.45, 2.75) is 32.6 Å². The molecule has 0 saturated carbocycles. The highest BCUT2D eigenvalue weighted by Gasteiger charge is 2.23. The van der Waals surface area contributed by atoms with Gasteiger partial charge in [0.1, 0.15) is 0 Å².